The number of nitrogens with one attached hydrogen (secondary N) is 2. The minimum Gasteiger partial charge on any atom is -0.378 e. The van der Waals surface area contributed by atoms with Crippen molar-refractivity contribution in [1.82, 2.24) is 10.6 Å². The van der Waals surface area contributed by atoms with Gasteiger partial charge in [-0.2, -0.15) is 0 Å². The average molecular weight is 228 g/mol. The smallest absolute Gasteiger partial charge is 0.220 e. The maximum absolute atomic E-state index is 11.2. The van der Waals surface area contributed by atoms with Crippen molar-refractivity contribution in [2.75, 3.05) is 26.3 Å². The number of allylic oxidation sites excluding steroid dienone is 1. The third-order valence-electron chi connectivity index (χ3n) is 1.94. The lowest BCUT2D eigenvalue weighted by atomic mass is 10.3. The molecule has 0 fully saturated rings. The molecule has 1 amide bonds. The van der Waals surface area contributed by atoms with Gasteiger partial charge >= 0.3 is 0 Å². The summed E-state index contributed by atoms with van der Waals surface area (Å²) in [5.74, 6) is 0.0591. The van der Waals surface area contributed by atoms with Gasteiger partial charge < -0.3 is 15.4 Å². The summed E-state index contributed by atoms with van der Waals surface area (Å²) in [4.78, 5) is 11.2. The molecule has 16 heavy (non-hydrogen) atoms. The Kier molecular flexibility index (Phi) is 10.1. The van der Waals surface area contributed by atoms with Crippen molar-refractivity contribution in [2.45, 2.75) is 32.7 Å². The lowest BCUT2D eigenvalue weighted by molar-refractivity contribution is -0.121. The summed E-state index contributed by atoms with van der Waals surface area (Å²) in [6.07, 6.45) is 2.98. The van der Waals surface area contributed by atoms with Crippen LogP contribution < -0.4 is 10.6 Å². The molecule has 0 aromatic carbocycles. The Morgan fingerprint density at radius 2 is 2.06 bits per heavy atom. The molecule has 0 heterocycles. The zero-order valence-electron chi connectivity index (χ0n) is 10.4. The van der Waals surface area contributed by atoms with Crippen molar-refractivity contribution in [1.29, 1.82) is 0 Å². The van der Waals surface area contributed by atoms with Crippen molar-refractivity contribution in [2.24, 2.45) is 0 Å². The fourth-order valence-corrected chi connectivity index (χ4v) is 1.11. The molecule has 0 aromatic rings. The quantitative estimate of drug-likeness (QED) is 0.434. The summed E-state index contributed by atoms with van der Waals surface area (Å²) in [6.45, 7) is 10.4. The molecule has 0 saturated heterocycles. The molecule has 0 unspecified atom stereocenters. The number of hydrogen-bond donors (Lipinski definition) is 2. The van der Waals surface area contributed by atoms with Crippen molar-refractivity contribution >= 4 is 5.91 Å². The topological polar surface area (TPSA) is 50.4 Å². The van der Waals surface area contributed by atoms with E-state index < -0.39 is 0 Å². The van der Waals surface area contributed by atoms with Gasteiger partial charge in [-0.05, 0) is 6.42 Å². The molecular weight excluding hydrogens is 204 g/mol. The van der Waals surface area contributed by atoms with Gasteiger partial charge in [-0.25, -0.2) is 0 Å². The van der Waals surface area contributed by atoms with Crippen LogP contribution in [-0.4, -0.2) is 38.3 Å². The number of ether oxygens (including phenoxy) is 1. The van der Waals surface area contributed by atoms with E-state index in [-0.39, 0.29) is 5.91 Å². The number of carbonyl (C=O) groups excluding carboxylic acids is 1. The van der Waals surface area contributed by atoms with Crippen LogP contribution in [-0.2, 0) is 9.53 Å². The highest BCUT2D eigenvalue weighted by atomic mass is 16.5. The highest BCUT2D eigenvalue weighted by molar-refractivity contribution is 5.75. The standard InChI is InChI=1S/C12H24N2O2/c1-4-5-6-12(15)14-8-10-16-9-7-13-11(2)3/h4,11,13H,1,5-10H2,2-3H3,(H,14,15). The van der Waals surface area contributed by atoms with E-state index in [9.17, 15) is 4.79 Å². The van der Waals surface area contributed by atoms with Gasteiger partial charge in [-0.3, -0.25) is 4.79 Å². The zero-order chi connectivity index (χ0) is 12.2. The highest BCUT2D eigenvalue weighted by Gasteiger charge is 1.98. The van der Waals surface area contributed by atoms with E-state index in [1.165, 1.54) is 0 Å². The molecule has 0 aliphatic heterocycles. The van der Waals surface area contributed by atoms with Gasteiger partial charge in [0.1, 0.15) is 0 Å². The van der Waals surface area contributed by atoms with E-state index in [4.69, 9.17) is 4.74 Å². The maximum Gasteiger partial charge on any atom is 0.220 e. The SMILES string of the molecule is C=CCCC(=O)NCCOCCNC(C)C. The van der Waals surface area contributed by atoms with Crippen LogP contribution in [0.5, 0.6) is 0 Å². The molecule has 4 nitrogen and oxygen atoms in total. The molecule has 0 atom stereocenters. The van der Waals surface area contributed by atoms with Crippen LogP contribution in [0.2, 0.25) is 0 Å². The Labute approximate surface area is 98.4 Å². The Morgan fingerprint density at radius 3 is 2.69 bits per heavy atom. The fourth-order valence-electron chi connectivity index (χ4n) is 1.11. The van der Waals surface area contributed by atoms with E-state index in [1.54, 1.807) is 6.08 Å². The second kappa shape index (κ2) is 10.6. The van der Waals surface area contributed by atoms with Crippen molar-refractivity contribution in [3.8, 4) is 0 Å². The average Bonchev–Trinajstić information content (AvgIpc) is 2.24. The van der Waals surface area contributed by atoms with E-state index in [1.807, 2.05) is 0 Å². The van der Waals surface area contributed by atoms with E-state index in [0.29, 0.717) is 32.2 Å². The van der Waals surface area contributed by atoms with Gasteiger partial charge in [-0.1, -0.05) is 19.9 Å². The first-order valence-corrected chi connectivity index (χ1v) is 5.85. The van der Waals surface area contributed by atoms with Crippen LogP contribution in [0.3, 0.4) is 0 Å². The second-order valence-electron chi connectivity index (χ2n) is 3.90. The van der Waals surface area contributed by atoms with Gasteiger partial charge in [0, 0.05) is 25.6 Å². The van der Waals surface area contributed by atoms with Crippen LogP contribution in [0.4, 0.5) is 0 Å². The minimum atomic E-state index is 0.0591. The van der Waals surface area contributed by atoms with Crippen molar-refractivity contribution in [3.63, 3.8) is 0 Å². The molecule has 0 aliphatic rings. The molecule has 4 heteroatoms. The van der Waals surface area contributed by atoms with Gasteiger partial charge in [0.25, 0.3) is 0 Å². The molecule has 94 valence electrons. The van der Waals surface area contributed by atoms with Crippen LogP contribution >= 0.6 is 0 Å². The summed E-state index contributed by atoms with van der Waals surface area (Å²) < 4.78 is 5.34. The number of amides is 1. The summed E-state index contributed by atoms with van der Waals surface area (Å²) in [5, 5.41) is 6.03. The predicted octanol–water partition coefficient (Wildman–Crippen LogP) is 1.08. The molecule has 0 bridgehead atoms. The van der Waals surface area contributed by atoms with E-state index >= 15 is 0 Å². The number of carbonyl (C=O) groups is 1. The van der Waals surface area contributed by atoms with Crippen LogP contribution in [0.25, 0.3) is 0 Å². The lowest BCUT2D eigenvalue weighted by Crippen LogP contribution is -2.29. The second-order valence-corrected chi connectivity index (χ2v) is 3.90. The summed E-state index contributed by atoms with van der Waals surface area (Å²) in [7, 11) is 0. The Balaban J connectivity index is 3.14. The molecule has 0 rings (SSSR count). The van der Waals surface area contributed by atoms with Gasteiger partial charge in [0.05, 0.1) is 13.2 Å². The summed E-state index contributed by atoms with van der Waals surface area (Å²) in [6, 6.07) is 0.488. The summed E-state index contributed by atoms with van der Waals surface area (Å²) >= 11 is 0. The van der Waals surface area contributed by atoms with E-state index in [0.717, 1.165) is 13.0 Å². The molecule has 0 saturated carbocycles. The summed E-state index contributed by atoms with van der Waals surface area (Å²) in [5.41, 5.74) is 0. The van der Waals surface area contributed by atoms with Crippen molar-refractivity contribution < 1.29 is 9.53 Å². The number of rotatable bonds is 10. The normalized spacial score (nSPS) is 10.4. The zero-order valence-corrected chi connectivity index (χ0v) is 10.4. The molecular formula is C12H24N2O2. The molecule has 0 radical (unpaired) electrons. The minimum absolute atomic E-state index is 0.0591. The Bertz CT molecular complexity index is 193. The molecule has 0 spiro atoms. The number of hydrogen-bond acceptors (Lipinski definition) is 3. The first-order valence-electron chi connectivity index (χ1n) is 5.85. The van der Waals surface area contributed by atoms with Gasteiger partial charge in [0.2, 0.25) is 5.91 Å². The molecule has 0 aliphatic carbocycles. The van der Waals surface area contributed by atoms with Crippen LogP contribution in [0.15, 0.2) is 12.7 Å². The first-order chi connectivity index (χ1) is 7.66. The fraction of sp³-hybridized carbons (Fsp3) is 0.750. The van der Waals surface area contributed by atoms with Crippen LogP contribution in [0.1, 0.15) is 26.7 Å². The highest BCUT2D eigenvalue weighted by Crippen LogP contribution is 1.88. The third-order valence-corrected chi connectivity index (χ3v) is 1.94. The largest absolute Gasteiger partial charge is 0.378 e. The molecule has 0 aromatic heterocycles. The Hall–Kier alpha value is -0.870. The Morgan fingerprint density at radius 1 is 1.38 bits per heavy atom. The van der Waals surface area contributed by atoms with Gasteiger partial charge in [0.15, 0.2) is 0 Å². The third kappa shape index (κ3) is 11.2. The lowest BCUT2D eigenvalue weighted by Gasteiger charge is -2.09. The monoisotopic (exact) mass is 228 g/mol. The van der Waals surface area contributed by atoms with Crippen LogP contribution in [0, 0.1) is 0 Å². The maximum atomic E-state index is 11.2. The van der Waals surface area contributed by atoms with Crippen molar-refractivity contribution in [3.05, 3.63) is 12.7 Å². The predicted molar refractivity (Wildman–Crippen MR) is 66.4 cm³/mol. The van der Waals surface area contributed by atoms with E-state index in [2.05, 4.69) is 31.1 Å². The van der Waals surface area contributed by atoms with Gasteiger partial charge in [-0.15, -0.1) is 6.58 Å². The first kappa shape index (κ1) is 15.1. The molecule has 2 N–H and O–H groups in total.